The maximum atomic E-state index is 10.8. The number of carboxylic acids is 2. The highest BCUT2D eigenvalue weighted by Crippen LogP contribution is 2.55. The van der Waals surface area contributed by atoms with Crippen LogP contribution in [0.4, 0.5) is 0 Å². The van der Waals surface area contributed by atoms with Crippen LogP contribution in [0.25, 0.3) is 0 Å². The van der Waals surface area contributed by atoms with Crippen LogP contribution in [0.15, 0.2) is 12.2 Å². The van der Waals surface area contributed by atoms with E-state index < -0.39 is 17.4 Å². The van der Waals surface area contributed by atoms with Gasteiger partial charge in [-0.2, -0.15) is 0 Å². The average molecular weight is 210 g/mol. The van der Waals surface area contributed by atoms with Gasteiger partial charge in [-0.05, 0) is 30.1 Å². The molecule has 2 unspecified atom stereocenters. The summed E-state index contributed by atoms with van der Waals surface area (Å²) in [4.78, 5) is 21.6. The number of carbonyl (C=O) groups is 2. The van der Waals surface area contributed by atoms with Crippen LogP contribution in [0.5, 0.6) is 0 Å². The molecule has 4 nitrogen and oxygen atoms in total. The molecular weight excluding hydrogens is 196 g/mol. The van der Waals surface area contributed by atoms with Crippen molar-refractivity contribution in [1.29, 1.82) is 0 Å². The van der Waals surface area contributed by atoms with Gasteiger partial charge in [0, 0.05) is 0 Å². The Morgan fingerprint density at radius 3 is 2.13 bits per heavy atom. The summed E-state index contributed by atoms with van der Waals surface area (Å²) in [6, 6.07) is 0. The fraction of sp³-hybridized carbons (Fsp3) is 0.636. The topological polar surface area (TPSA) is 74.6 Å². The highest BCUT2D eigenvalue weighted by molar-refractivity contribution is 5.72. The normalized spacial score (nSPS) is 30.7. The van der Waals surface area contributed by atoms with Gasteiger partial charge in [0.15, 0.2) is 0 Å². The zero-order chi connectivity index (χ0) is 11.1. The molecule has 2 N–H and O–H groups in total. The van der Waals surface area contributed by atoms with Crippen LogP contribution in [-0.2, 0) is 9.59 Å². The minimum atomic E-state index is -0.891. The first kappa shape index (κ1) is 10.2. The fourth-order valence-corrected chi connectivity index (χ4v) is 3.12. The number of carboxylic acid groups (broad SMARTS) is 2. The first-order valence-corrected chi connectivity index (χ1v) is 5.14. The second kappa shape index (κ2) is 3.36. The number of rotatable bonds is 4. The maximum Gasteiger partial charge on any atom is 0.303 e. The summed E-state index contributed by atoms with van der Waals surface area (Å²) in [5.74, 6) is -1.24. The van der Waals surface area contributed by atoms with Crippen LogP contribution in [-0.4, -0.2) is 22.2 Å². The molecule has 0 heterocycles. The summed E-state index contributed by atoms with van der Waals surface area (Å²) in [6.45, 7) is 0. The predicted molar refractivity (Wildman–Crippen MR) is 52.3 cm³/mol. The smallest absolute Gasteiger partial charge is 0.303 e. The zero-order valence-corrected chi connectivity index (χ0v) is 8.35. The van der Waals surface area contributed by atoms with Crippen molar-refractivity contribution in [3.05, 3.63) is 12.2 Å². The molecule has 0 saturated heterocycles. The van der Waals surface area contributed by atoms with E-state index in [1.807, 2.05) is 6.08 Å². The standard InChI is InChI=1S/C11H14O4/c12-9(13)5-11(6-10(14)15)4-7-1-2-8(11)3-7/h1-2,7-8H,3-6H2,(H,12,13)(H,14,15). The van der Waals surface area contributed by atoms with E-state index in [-0.39, 0.29) is 18.8 Å². The second-order valence-corrected chi connectivity index (χ2v) is 4.69. The van der Waals surface area contributed by atoms with E-state index in [1.54, 1.807) is 0 Å². The molecule has 0 radical (unpaired) electrons. The van der Waals surface area contributed by atoms with Gasteiger partial charge in [-0.25, -0.2) is 0 Å². The van der Waals surface area contributed by atoms with Gasteiger partial charge in [0.05, 0.1) is 12.8 Å². The van der Waals surface area contributed by atoms with Crippen LogP contribution in [0, 0.1) is 17.3 Å². The van der Waals surface area contributed by atoms with Gasteiger partial charge in [-0.1, -0.05) is 12.2 Å². The van der Waals surface area contributed by atoms with E-state index in [0.29, 0.717) is 12.3 Å². The van der Waals surface area contributed by atoms with E-state index in [0.717, 1.165) is 6.42 Å². The molecule has 0 aliphatic heterocycles. The van der Waals surface area contributed by atoms with Gasteiger partial charge in [0.2, 0.25) is 0 Å². The van der Waals surface area contributed by atoms with Crippen molar-refractivity contribution in [2.75, 3.05) is 0 Å². The molecule has 4 heteroatoms. The molecule has 1 saturated carbocycles. The molecule has 2 bridgehead atoms. The third-order valence-electron chi connectivity index (χ3n) is 3.63. The second-order valence-electron chi connectivity index (χ2n) is 4.69. The lowest BCUT2D eigenvalue weighted by atomic mass is 9.71. The summed E-state index contributed by atoms with van der Waals surface area (Å²) >= 11 is 0. The highest BCUT2D eigenvalue weighted by Gasteiger charge is 2.50. The van der Waals surface area contributed by atoms with E-state index in [1.165, 1.54) is 0 Å². The SMILES string of the molecule is O=C(O)CC1(CC(=O)O)CC2C=CC1C2. The van der Waals surface area contributed by atoms with Gasteiger partial charge < -0.3 is 10.2 Å². The Hall–Kier alpha value is -1.32. The summed E-state index contributed by atoms with van der Waals surface area (Å²) < 4.78 is 0. The molecule has 0 aromatic carbocycles. The maximum absolute atomic E-state index is 10.8. The molecule has 0 spiro atoms. The monoisotopic (exact) mass is 210 g/mol. The van der Waals surface area contributed by atoms with Gasteiger partial charge in [-0.3, -0.25) is 9.59 Å². The summed E-state index contributed by atoms with van der Waals surface area (Å²) in [5.41, 5.74) is -0.531. The van der Waals surface area contributed by atoms with E-state index in [4.69, 9.17) is 10.2 Å². The van der Waals surface area contributed by atoms with Crippen molar-refractivity contribution in [2.24, 2.45) is 17.3 Å². The first-order chi connectivity index (χ1) is 7.02. The molecule has 82 valence electrons. The van der Waals surface area contributed by atoms with Crippen LogP contribution in [0.2, 0.25) is 0 Å². The first-order valence-electron chi connectivity index (χ1n) is 5.14. The lowest BCUT2D eigenvalue weighted by Gasteiger charge is -2.32. The third-order valence-corrected chi connectivity index (χ3v) is 3.63. The van der Waals surface area contributed by atoms with Crippen molar-refractivity contribution in [3.63, 3.8) is 0 Å². The van der Waals surface area contributed by atoms with E-state index in [9.17, 15) is 9.59 Å². The van der Waals surface area contributed by atoms with Crippen LogP contribution >= 0.6 is 0 Å². The Balaban J connectivity index is 2.20. The molecule has 0 amide bonds. The Morgan fingerprint density at radius 1 is 1.20 bits per heavy atom. The largest absolute Gasteiger partial charge is 0.481 e. The lowest BCUT2D eigenvalue weighted by molar-refractivity contribution is -0.144. The van der Waals surface area contributed by atoms with Gasteiger partial charge in [-0.15, -0.1) is 0 Å². The fourth-order valence-electron chi connectivity index (χ4n) is 3.12. The van der Waals surface area contributed by atoms with Crippen molar-refractivity contribution >= 4 is 11.9 Å². The number of hydrogen-bond donors (Lipinski definition) is 2. The van der Waals surface area contributed by atoms with E-state index in [2.05, 4.69) is 6.08 Å². The summed E-state index contributed by atoms with van der Waals surface area (Å²) in [5, 5.41) is 17.7. The molecule has 2 aliphatic carbocycles. The Morgan fingerprint density at radius 2 is 1.80 bits per heavy atom. The number of hydrogen-bond acceptors (Lipinski definition) is 2. The molecule has 2 aliphatic rings. The van der Waals surface area contributed by atoms with Crippen LogP contribution < -0.4 is 0 Å². The molecular formula is C11H14O4. The van der Waals surface area contributed by atoms with E-state index >= 15 is 0 Å². The van der Waals surface area contributed by atoms with Crippen molar-refractivity contribution in [2.45, 2.75) is 25.7 Å². The molecule has 15 heavy (non-hydrogen) atoms. The van der Waals surface area contributed by atoms with Crippen molar-refractivity contribution < 1.29 is 19.8 Å². The number of fused-ring (bicyclic) bond motifs is 2. The van der Waals surface area contributed by atoms with Crippen molar-refractivity contribution in [3.8, 4) is 0 Å². The number of aliphatic carboxylic acids is 2. The average Bonchev–Trinajstić information content (AvgIpc) is 2.59. The molecule has 2 rings (SSSR count). The zero-order valence-electron chi connectivity index (χ0n) is 8.35. The lowest BCUT2D eigenvalue weighted by Crippen LogP contribution is -2.31. The predicted octanol–water partition coefficient (Wildman–Crippen LogP) is 1.52. The quantitative estimate of drug-likeness (QED) is 0.690. The van der Waals surface area contributed by atoms with Crippen LogP contribution in [0.3, 0.4) is 0 Å². The minimum absolute atomic E-state index is 0.0230. The Labute approximate surface area is 87.6 Å². The molecule has 0 aromatic heterocycles. The molecule has 1 fully saturated rings. The number of allylic oxidation sites excluding steroid dienone is 2. The summed E-state index contributed by atoms with van der Waals surface area (Å²) in [7, 11) is 0. The minimum Gasteiger partial charge on any atom is -0.481 e. The van der Waals surface area contributed by atoms with Crippen molar-refractivity contribution in [1.82, 2.24) is 0 Å². The Bertz CT molecular complexity index is 315. The van der Waals surface area contributed by atoms with Gasteiger partial charge in [0.1, 0.15) is 0 Å². The van der Waals surface area contributed by atoms with Gasteiger partial charge >= 0.3 is 11.9 Å². The third kappa shape index (κ3) is 1.76. The summed E-state index contributed by atoms with van der Waals surface area (Å²) in [6.07, 6.45) is 5.69. The molecule has 2 atom stereocenters. The van der Waals surface area contributed by atoms with Gasteiger partial charge in [0.25, 0.3) is 0 Å². The van der Waals surface area contributed by atoms with Crippen LogP contribution in [0.1, 0.15) is 25.7 Å². The highest BCUT2D eigenvalue weighted by atomic mass is 16.4. The Kier molecular flexibility index (Phi) is 2.29. The molecule has 0 aromatic rings.